The first-order valence-corrected chi connectivity index (χ1v) is 10.5. The quantitative estimate of drug-likeness (QED) is 0.302. The van der Waals surface area contributed by atoms with Crippen molar-refractivity contribution < 1.29 is 0 Å². The zero-order chi connectivity index (χ0) is 20.8. The van der Waals surface area contributed by atoms with Gasteiger partial charge in [-0.2, -0.15) is 0 Å². The Labute approximate surface area is 179 Å². The van der Waals surface area contributed by atoms with E-state index in [9.17, 15) is 0 Å². The van der Waals surface area contributed by atoms with Gasteiger partial charge in [-0.1, -0.05) is 96.6 Å². The Morgan fingerprint density at radius 1 is 0.767 bits per heavy atom. The lowest BCUT2D eigenvalue weighted by Gasteiger charge is -2.27. The number of benzene rings is 4. The van der Waals surface area contributed by atoms with Crippen molar-refractivity contribution in [1.29, 1.82) is 0 Å². The van der Waals surface area contributed by atoms with E-state index in [-0.39, 0.29) is 0 Å². The highest BCUT2D eigenvalue weighted by Crippen LogP contribution is 2.35. The first-order valence-electron chi connectivity index (χ1n) is 10.5. The molecule has 0 unspecified atom stereocenters. The van der Waals surface area contributed by atoms with E-state index in [0.29, 0.717) is 0 Å². The number of fused-ring (bicyclic) bond motifs is 1. The van der Waals surface area contributed by atoms with Crippen molar-refractivity contribution in [3.05, 3.63) is 132 Å². The molecule has 148 valence electrons. The molecule has 0 aromatic heterocycles. The fourth-order valence-corrected chi connectivity index (χ4v) is 3.75. The van der Waals surface area contributed by atoms with E-state index in [2.05, 4.69) is 134 Å². The summed E-state index contributed by atoms with van der Waals surface area (Å²) in [6.45, 7) is 4.23. The van der Waals surface area contributed by atoms with E-state index in [1.165, 1.54) is 27.6 Å². The molecule has 30 heavy (non-hydrogen) atoms. The van der Waals surface area contributed by atoms with Crippen molar-refractivity contribution >= 4 is 22.1 Å². The van der Waals surface area contributed by atoms with Crippen LogP contribution in [0.25, 0.3) is 10.8 Å². The van der Waals surface area contributed by atoms with Crippen LogP contribution in [0.3, 0.4) is 0 Å². The lowest BCUT2D eigenvalue weighted by atomic mass is 10.1. The molecule has 0 saturated heterocycles. The van der Waals surface area contributed by atoms with Crippen LogP contribution in [0.15, 0.2) is 121 Å². The molecule has 0 heterocycles. The number of aryl methyl sites for hydroxylation is 1. The molecule has 0 aliphatic carbocycles. The largest absolute Gasteiger partial charge is 0.310 e. The van der Waals surface area contributed by atoms with Gasteiger partial charge in [-0.05, 0) is 55.5 Å². The Balaban J connectivity index is 1.73. The maximum atomic E-state index is 2.34. The molecular weight excluding hydrogens is 362 g/mol. The fraction of sp³-hybridized carbons (Fsp3) is 0.103. The predicted octanol–water partition coefficient (Wildman–Crippen LogP) is 7.99. The Hall–Kier alpha value is -3.58. The lowest BCUT2D eigenvalue weighted by Crippen LogP contribution is -2.15. The van der Waals surface area contributed by atoms with Gasteiger partial charge in [-0.25, -0.2) is 0 Å². The number of nitrogens with zero attached hydrogens (tertiary/aromatic N) is 1. The summed E-state index contributed by atoms with van der Waals surface area (Å²) >= 11 is 0. The molecule has 0 atom stereocenters. The van der Waals surface area contributed by atoms with E-state index < -0.39 is 0 Å². The zero-order valence-electron chi connectivity index (χ0n) is 17.6. The molecule has 0 spiro atoms. The molecule has 0 fully saturated rings. The minimum atomic E-state index is 0.912. The van der Waals surface area contributed by atoms with E-state index in [0.717, 1.165) is 17.8 Å². The number of allylic oxidation sites excluding steroid dienone is 3. The van der Waals surface area contributed by atoms with Crippen LogP contribution >= 0.6 is 0 Å². The number of para-hydroxylation sites is 1. The maximum absolute atomic E-state index is 2.34. The highest BCUT2D eigenvalue weighted by Gasteiger charge is 2.14. The molecule has 0 radical (unpaired) electrons. The highest BCUT2D eigenvalue weighted by molar-refractivity contribution is 5.97. The minimum Gasteiger partial charge on any atom is -0.310 e. The van der Waals surface area contributed by atoms with Crippen LogP contribution in [-0.2, 0) is 6.42 Å². The summed E-state index contributed by atoms with van der Waals surface area (Å²) in [4.78, 5) is 2.34. The molecule has 0 aliphatic heterocycles. The predicted molar refractivity (Wildman–Crippen MR) is 130 cm³/mol. The van der Waals surface area contributed by atoms with Crippen LogP contribution in [0.1, 0.15) is 18.1 Å². The smallest absolute Gasteiger partial charge is 0.0539 e. The van der Waals surface area contributed by atoms with Crippen LogP contribution in [0.2, 0.25) is 0 Å². The molecule has 0 N–H and O–H groups in total. The normalized spacial score (nSPS) is 11.9. The van der Waals surface area contributed by atoms with Gasteiger partial charge in [0.25, 0.3) is 0 Å². The van der Waals surface area contributed by atoms with Gasteiger partial charge in [0.05, 0.1) is 5.69 Å². The van der Waals surface area contributed by atoms with Gasteiger partial charge in [0.15, 0.2) is 0 Å². The van der Waals surface area contributed by atoms with E-state index in [1.807, 2.05) is 0 Å². The molecule has 1 nitrogen and oxygen atoms in total. The minimum absolute atomic E-state index is 0.912. The van der Waals surface area contributed by atoms with Crippen molar-refractivity contribution in [1.82, 2.24) is 0 Å². The van der Waals surface area contributed by atoms with Crippen molar-refractivity contribution in [2.45, 2.75) is 20.3 Å². The average Bonchev–Trinajstić information content (AvgIpc) is 2.80. The second-order valence-electron chi connectivity index (χ2n) is 7.47. The standard InChI is InChI=1S/C29H27N/c1-3-26(16-9-11-24-21-19-23(2)20-22-24)30(27-14-5-4-6-15-27)29-18-10-13-25-12-7-8-17-28(25)29/h3-10,12-22H,11H2,1-2H3/b16-9-,26-3+. The third kappa shape index (κ3) is 4.36. The average molecular weight is 390 g/mol. The van der Waals surface area contributed by atoms with E-state index >= 15 is 0 Å². The molecule has 4 aromatic rings. The Bertz CT molecular complexity index is 1160. The Morgan fingerprint density at radius 3 is 2.23 bits per heavy atom. The molecule has 4 aromatic carbocycles. The number of hydrogen-bond donors (Lipinski definition) is 0. The first-order chi connectivity index (χ1) is 14.8. The second-order valence-corrected chi connectivity index (χ2v) is 7.47. The molecule has 0 aliphatic rings. The van der Waals surface area contributed by atoms with Crippen molar-refractivity contribution in [2.75, 3.05) is 4.90 Å². The highest BCUT2D eigenvalue weighted by atomic mass is 15.1. The summed E-state index contributed by atoms with van der Waals surface area (Å²) in [6.07, 6.45) is 7.58. The van der Waals surface area contributed by atoms with Crippen molar-refractivity contribution in [3.63, 3.8) is 0 Å². The number of hydrogen-bond acceptors (Lipinski definition) is 1. The molecular formula is C29H27N. The van der Waals surface area contributed by atoms with Crippen LogP contribution in [0.5, 0.6) is 0 Å². The Morgan fingerprint density at radius 2 is 1.47 bits per heavy atom. The molecule has 0 amide bonds. The molecule has 0 bridgehead atoms. The lowest BCUT2D eigenvalue weighted by molar-refractivity contribution is 1.19. The third-order valence-electron chi connectivity index (χ3n) is 5.34. The van der Waals surface area contributed by atoms with Crippen LogP contribution in [-0.4, -0.2) is 0 Å². The molecule has 4 rings (SSSR count). The number of rotatable bonds is 6. The van der Waals surface area contributed by atoms with Gasteiger partial charge >= 0.3 is 0 Å². The van der Waals surface area contributed by atoms with Gasteiger partial charge in [0.1, 0.15) is 0 Å². The van der Waals surface area contributed by atoms with Crippen molar-refractivity contribution in [2.24, 2.45) is 0 Å². The van der Waals surface area contributed by atoms with Gasteiger partial charge in [0.2, 0.25) is 0 Å². The molecule has 1 heteroatoms. The monoisotopic (exact) mass is 389 g/mol. The van der Waals surface area contributed by atoms with Gasteiger partial charge < -0.3 is 4.90 Å². The Kier molecular flexibility index (Phi) is 6.10. The number of anilines is 2. The topological polar surface area (TPSA) is 3.24 Å². The SMILES string of the molecule is C/C=C(\C=C/Cc1ccc(C)cc1)N(c1ccccc1)c1cccc2ccccc12. The van der Waals surface area contributed by atoms with Gasteiger partial charge in [-0.3, -0.25) is 0 Å². The summed E-state index contributed by atoms with van der Waals surface area (Å²) in [6, 6.07) is 34.4. The summed E-state index contributed by atoms with van der Waals surface area (Å²) in [5.41, 5.74) is 6.12. The summed E-state index contributed by atoms with van der Waals surface area (Å²) in [5.74, 6) is 0. The van der Waals surface area contributed by atoms with Crippen LogP contribution in [0, 0.1) is 6.92 Å². The third-order valence-corrected chi connectivity index (χ3v) is 5.34. The fourth-order valence-electron chi connectivity index (χ4n) is 3.75. The summed E-state index contributed by atoms with van der Waals surface area (Å²) in [7, 11) is 0. The summed E-state index contributed by atoms with van der Waals surface area (Å²) < 4.78 is 0. The van der Waals surface area contributed by atoms with E-state index in [1.54, 1.807) is 0 Å². The first kappa shape index (κ1) is 19.7. The zero-order valence-corrected chi connectivity index (χ0v) is 17.6. The van der Waals surface area contributed by atoms with Gasteiger partial charge in [-0.15, -0.1) is 0 Å². The van der Waals surface area contributed by atoms with E-state index in [4.69, 9.17) is 0 Å². The van der Waals surface area contributed by atoms with Crippen molar-refractivity contribution in [3.8, 4) is 0 Å². The molecule has 0 saturated carbocycles. The summed E-state index contributed by atoms with van der Waals surface area (Å²) in [5, 5.41) is 2.49. The second kappa shape index (κ2) is 9.28. The van der Waals surface area contributed by atoms with Crippen LogP contribution in [0.4, 0.5) is 11.4 Å². The maximum Gasteiger partial charge on any atom is 0.0539 e. The van der Waals surface area contributed by atoms with Crippen LogP contribution < -0.4 is 4.90 Å². The van der Waals surface area contributed by atoms with Gasteiger partial charge in [0, 0.05) is 16.8 Å².